The zero-order chi connectivity index (χ0) is 19.8. The number of carbonyl (C=O) groups excluding carboxylic acids is 1. The van der Waals surface area contributed by atoms with Crippen molar-refractivity contribution in [3.8, 4) is 5.75 Å². The first-order valence-electron chi connectivity index (χ1n) is 9.74. The second kappa shape index (κ2) is 10.1. The van der Waals surface area contributed by atoms with Crippen molar-refractivity contribution in [2.24, 2.45) is 0 Å². The van der Waals surface area contributed by atoms with Crippen LogP contribution in [0.4, 0.5) is 10.5 Å². The van der Waals surface area contributed by atoms with Crippen LogP contribution < -0.4 is 15.4 Å². The van der Waals surface area contributed by atoms with E-state index in [-0.39, 0.29) is 6.03 Å². The van der Waals surface area contributed by atoms with Gasteiger partial charge in [0.1, 0.15) is 12.4 Å². The summed E-state index contributed by atoms with van der Waals surface area (Å²) in [6, 6.07) is 13.5. The molecule has 0 bridgehead atoms. The van der Waals surface area contributed by atoms with Crippen LogP contribution in [0.25, 0.3) is 0 Å². The summed E-state index contributed by atoms with van der Waals surface area (Å²) in [5.41, 5.74) is 4.15. The highest BCUT2D eigenvalue weighted by molar-refractivity contribution is 5.89. The van der Waals surface area contributed by atoms with Crippen molar-refractivity contribution in [3.05, 3.63) is 59.2 Å². The highest BCUT2D eigenvalue weighted by Crippen LogP contribution is 2.15. The van der Waals surface area contributed by atoms with Crippen LogP contribution >= 0.6 is 0 Å². The fraction of sp³-hybridized carbons (Fsp3) is 0.409. The molecule has 1 aliphatic heterocycles. The fourth-order valence-electron chi connectivity index (χ4n) is 3.04. The van der Waals surface area contributed by atoms with E-state index in [2.05, 4.69) is 22.5 Å². The van der Waals surface area contributed by atoms with E-state index in [1.54, 1.807) is 0 Å². The van der Waals surface area contributed by atoms with Gasteiger partial charge in [-0.15, -0.1) is 0 Å². The summed E-state index contributed by atoms with van der Waals surface area (Å²) < 4.78 is 11.2. The minimum atomic E-state index is -0.220. The van der Waals surface area contributed by atoms with Crippen molar-refractivity contribution in [2.75, 3.05) is 44.8 Å². The molecule has 0 unspecified atom stereocenters. The van der Waals surface area contributed by atoms with Crippen LogP contribution in [0.5, 0.6) is 5.75 Å². The Labute approximate surface area is 166 Å². The summed E-state index contributed by atoms with van der Waals surface area (Å²) >= 11 is 0. The van der Waals surface area contributed by atoms with Crippen LogP contribution in [0, 0.1) is 13.8 Å². The summed E-state index contributed by atoms with van der Waals surface area (Å²) in [6.45, 7) is 9.58. The maximum atomic E-state index is 12.1. The first-order chi connectivity index (χ1) is 13.6. The molecular weight excluding hydrogens is 354 g/mol. The highest BCUT2D eigenvalue weighted by Gasteiger charge is 2.10. The van der Waals surface area contributed by atoms with E-state index in [1.807, 2.05) is 49.4 Å². The third kappa shape index (κ3) is 6.25. The largest absolute Gasteiger partial charge is 0.492 e. The molecule has 3 rings (SSSR count). The molecule has 150 valence electrons. The number of morpholine rings is 1. The van der Waals surface area contributed by atoms with Gasteiger partial charge in [-0.25, -0.2) is 4.79 Å². The second-order valence-electron chi connectivity index (χ2n) is 7.06. The summed E-state index contributed by atoms with van der Waals surface area (Å²) in [4.78, 5) is 14.5. The maximum absolute atomic E-state index is 12.1. The molecule has 28 heavy (non-hydrogen) atoms. The molecule has 6 heteroatoms. The predicted molar refractivity (Wildman–Crippen MR) is 111 cm³/mol. The number of hydrogen-bond donors (Lipinski definition) is 2. The number of rotatable bonds is 7. The molecule has 6 nitrogen and oxygen atoms in total. The van der Waals surface area contributed by atoms with Crippen LogP contribution in [0.2, 0.25) is 0 Å². The molecule has 0 spiro atoms. The molecule has 1 fully saturated rings. The van der Waals surface area contributed by atoms with Crippen molar-refractivity contribution in [1.29, 1.82) is 0 Å². The number of aryl methyl sites for hydroxylation is 2. The number of ether oxygens (including phenoxy) is 2. The van der Waals surface area contributed by atoms with E-state index < -0.39 is 0 Å². The van der Waals surface area contributed by atoms with Gasteiger partial charge in [0.05, 0.1) is 13.2 Å². The number of nitrogens with one attached hydrogen (secondary N) is 2. The van der Waals surface area contributed by atoms with Crippen molar-refractivity contribution >= 4 is 11.7 Å². The van der Waals surface area contributed by atoms with Gasteiger partial charge in [-0.1, -0.05) is 18.2 Å². The molecule has 0 radical (unpaired) electrons. The number of nitrogens with zero attached hydrogens (tertiary/aromatic N) is 1. The molecule has 1 heterocycles. The van der Waals surface area contributed by atoms with Crippen molar-refractivity contribution in [3.63, 3.8) is 0 Å². The summed E-state index contributed by atoms with van der Waals surface area (Å²) in [5.74, 6) is 0.821. The molecular formula is C22H29N3O3. The lowest BCUT2D eigenvalue weighted by Gasteiger charge is -2.26. The van der Waals surface area contributed by atoms with E-state index >= 15 is 0 Å². The predicted octanol–water partition coefficient (Wildman–Crippen LogP) is 3.34. The van der Waals surface area contributed by atoms with Crippen LogP contribution in [0.3, 0.4) is 0 Å². The number of carbonyl (C=O) groups is 1. The Bertz CT molecular complexity index is 788. The average Bonchev–Trinajstić information content (AvgIpc) is 2.70. The Morgan fingerprint density at radius 1 is 1.11 bits per heavy atom. The number of urea groups is 1. The quantitative estimate of drug-likeness (QED) is 0.770. The van der Waals surface area contributed by atoms with Gasteiger partial charge in [-0.2, -0.15) is 0 Å². The SMILES string of the molecule is Cc1ccc(NC(=O)NCc2cccc(OCCN3CCOCC3)c2)cc1C. The number of amides is 2. The molecule has 0 aliphatic carbocycles. The average molecular weight is 383 g/mol. The van der Waals surface area contributed by atoms with Crippen LogP contribution in [0.15, 0.2) is 42.5 Å². The molecule has 2 aromatic rings. The minimum Gasteiger partial charge on any atom is -0.492 e. The molecule has 2 aromatic carbocycles. The molecule has 0 saturated carbocycles. The third-order valence-corrected chi connectivity index (χ3v) is 4.90. The van der Waals surface area contributed by atoms with E-state index in [4.69, 9.17) is 9.47 Å². The lowest BCUT2D eigenvalue weighted by atomic mass is 10.1. The van der Waals surface area contributed by atoms with Crippen LogP contribution in [-0.2, 0) is 11.3 Å². The number of anilines is 1. The summed E-state index contributed by atoms with van der Waals surface area (Å²) in [5, 5.41) is 5.76. The fourth-order valence-corrected chi connectivity index (χ4v) is 3.04. The minimum absolute atomic E-state index is 0.220. The molecule has 0 aromatic heterocycles. The standard InChI is InChI=1S/C22H29N3O3/c1-17-6-7-20(14-18(17)2)24-22(26)23-16-19-4-3-5-21(15-19)28-13-10-25-8-11-27-12-9-25/h3-7,14-15H,8-13,16H2,1-2H3,(H2,23,24,26). The molecule has 0 atom stereocenters. The monoisotopic (exact) mass is 383 g/mol. The second-order valence-corrected chi connectivity index (χ2v) is 7.06. The lowest BCUT2D eigenvalue weighted by Crippen LogP contribution is -2.38. The third-order valence-electron chi connectivity index (χ3n) is 4.90. The van der Waals surface area contributed by atoms with Gasteiger partial charge < -0.3 is 20.1 Å². The van der Waals surface area contributed by atoms with Crippen LogP contribution in [-0.4, -0.2) is 50.4 Å². The van der Waals surface area contributed by atoms with Crippen LogP contribution in [0.1, 0.15) is 16.7 Å². The van der Waals surface area contributed by atoms with Crippen molar-refractivity contribution in [1.82, 2.24) is 10.2 Å². The topological polar surface area (TPSA) is 62.8 Å². The Kier molecular flexibility index (Phi) is 7.28. The van der Waals surface area contributed by atoms with Gasteiger partial charge in [0.2, 0.25) is 0 Å². The Morgan fingerprint density at radius 3 is 2.71 bits per heavy atom. The highest BCUT2D eigenvalue weighted by atomic mass is 16.5. The normalized spacial score (nSPS) is 14.5. The lowest BCUT2D eigenvalue weighted by molar-refractivity contribution is 0.0322. The Balaban J connectivity index is 1.43. The zero-order valence-corrected chi connectivity index (χ0v) is 16.7. The smallest absolute Gasteiger partial charge is 0.319 e. The van der Waals surface area contributed by atoms with Gasteiger partial charge in [0.25, 0.3) is 0 Å². The van der Waals surface area contributed by atoms with Gasteiger partial charge >= 0.3 is 6.03 Å². The molecule has 2 N–H and O–H groups in total. The summed E-state index contributed by atoms with van der Waals surface area (Å²) in [6.07, 6.45) is 0. The van der Waals surface area contributed by atoms with E-state index in [0.717, 1.165) is 55.4 Å². The zero-order valence-electron chi connectivity index (χ0n) is 16.7. The molecule has 1 aliphatic rings. The van der Waals surface area contributed by atoms with Crippen molar-refractivity contribution < 1.29 is 14.3 Å². The molecule has 1 saturated heterocycles. The Morgan fingerprint density at radius 2 is 1.93 bits per heavy atom. The van der Waals surface area contributed by atoms with Gasteiger partial charge in [-0.3, -0.25) is 4.90 Å². The molecule has 2 amide bonds. The first-order valence-corrected chi connectivity index (χ1v) is 9.74. The van der Waals surface area contributed by atoms with Gasteiger partial charge in [0.15, 0.2) is 0 Å². The Hall–Kier alpha value is -2.57. The van der Waals surface area contributed by atoms with E-state index in [9.17, 15) is 4.79 Å². The maximum Gasteiger partial charge on any atom is 0.319 e. The number of benzene rings is 2. The van der Waals surface area contributed by atoms with Gasteiger partial charge in [0, 0.05) is 31.9 Å². The first kappa shape index (κ1) is 20.2. The van der Waals surface area contributed by atoms with E-state index in [1.165, 1.54) is 5.56 Å². The van der Waals surface area contributed by atoms with E-state index in [0.29, 0.717) is 13.2 Å². The summed E-state index contributed by atoms with van der Waals surface area (Å²) in [7, 11) is 0. The van der Waals surface area contributed by atoms with Crippen molar-refractivity contribution in [2.45, 2.75) is 20.4 Å². The van der Waals surface area contributed by atoms with Gasteiger partial charge in [-0.05, 0) is 54.8 Å². The number of hydrogen-bond acceptors (Lipinski definition) is 4.